The van der Waals surface area contributed by atoms with Gasteiger partial charge in [-0.15, -0.1) is 0 Å². The molecular formula is C22H22O5. The predicted molar refractivity (Wildman–Crippen MR) is 104 cm³/mol. The van der Waals surface area contributed by atoms with Crippen molar-refractivity contribution in [3.05, 3.63) is 71.2 Å². The van der Waals surface area contributed by atoms with Crippen molar-refractivity contribution in [2.24, 2.45) is 0 Å². The number of carbonyl (C=O) groups excluding carboxylic acids is 1. The fourth-order valence-corrected chi connectivity index (χ4v) is 2.95. The van der Waals surface area contributed by atoms with Gasteiger partial charge in [0.1, 0.15) is 23.0 Å². The second-order valence-corrected chi connectivity index (χ2v) is 6.19. The average molecular weight is 366 g/mol. The summed E-state index contributed by atoms with van der Waals surface area (Å²) in [5.41, 5.74) is 5.10. The van der Waals surface area contributed by atoms with E-state index in [-0.39, 0.29) is 12.6 Å². The van der Waals surface area contributed by atoms with Gasteiger partial charge in [0.25, 0.3) is 0 Å². The predicted octanol–water partition coefficient (Wildman–Crippen LogP) is 5.15. The largest absolute Gasteiger partial charge is 0.464 e. The van der Waals surface area contributed by atoms with Crippen LogP contribution in [0.5, 0.6) is 0 Å². The molecule has 2 aromatic carbocycles. The lowest BCUT2D eigenvalue weighted by Crippen LogP contribution is -2.03. The van der Waals surface area contributed by atoms with Crippen LogP contribution in [-0.2, 0) is 11.3 Å². The third kappa shape index (κ3) is 3.73. The highest BCUT2D eigenvalue weighted by Crippen LogP contribution is 2.25. The molecule has 0 aliphatic heterocycles. The van der Waals surface area contributed by atoms with Crippen LogP contribution >= 0.6 is 0 Å². The van der Waals surface area contributed by atoms with Gasteiger partial charge in [-0.05, 0) is 31.9 Å². The van der Waals surface area contributed by atoms with E-state index in [1.165, 1.54) is 6.26 Å². The smallest absolute Gasteiger partial charge is 0.342 e. The molecule has 2 aromatic heterocycles. The van der Waals surface area contributed by atoms with Gasteiger partial charge in [-0.25, -0.2) is 4.79 Å². The van der Waals surface area contributed by atoms with E-state index in [2.05, 4.69) is 0 Å². The third-order valence-electron chi connectivity index (χ3n) is 4.34. The number of rotatable bonds is 3. The van der Waals surface area contributed by atoms with Crippen LogP contribution in [0.25, 0.3) is 21.9 Å². The lowest BCUT2D eigenvalue weighted by Gasteiger charge is -1.98. The highest BCUT2D eigenvalue weighted by Gasteiger charge is 2.15. The van der Waals surface area contributed by atoms with Crippen molar-refractivity contribution in [1.82, 2.24) is 0 Å². The van der Waals surface area contributed by atoms with Crippen molar-refractivity contribution in [3.8, 4) is 0 Å². The molecule has 1 N–H and O–H groups in total. The summed E-state index contributed by atoms with van der Waals surface area (Å²) in [5, 5.41) is 10.8. The first-order chi connectivity index (χ1) is 13.1. The summed E-state index contributed by atoms with van der Waals surface area (Å²) in [6.07, 6.45) is 3.06. The molecule has 4 rings (SSSR count). The molecule has 0 aliphatic rings. The molecule has 0 amide bonds. The summed E-state index contributed by atoms with van der Waals surface area (Å²) in [7, 11) is 0. The molecule has 0 aliphatic carbocycles. The summed E-state index contributed by atoms with van der Waals surface area (Å²) in [6, 6.07) is 11.6. The molecule has 0 atom stereocenters. The number of aliphatic hydroxyl groups is 1. The average Bonchev–Trinajstić information content (AvgIpc) is 3.28. The molecule has 0 spiro atoms. The van der Waals surface area contributed by atoms with Gasteiger partial charge in [-0.1, -0.05) is 36.4 Å². The molecule has 4 aromatic rings. The van der Waals surface area contributed by atoms with E-state index >= 15 is 0 Å². The van der Waals surface area contributed by atoms with E-state index in [1.54, 1.807) is 13.2 Å². The number of para-hydroxylation sites is 2. The first-order valence-corrected chi connectivity index (χ1v) is 8.77. The number of hydrogen-bond donors (Lipinski definition) is 1. The van der Waals surface area contributed by atoms with Crippen LogP contribution in [0.4, 0.5) is 0 Å². The molecule has 0 saturated heterocycles. The summed E-state index contributed by atoms with van der Waals surface area (Å²) >= 11 is 0. The van der Waals surface area contributed by atoms with Gasteiger partial charge >= 0.3 is 5.97 Å². The molecule has 27 heavy (non-hydrogen) atoms. The summed E-state index contributed by atoms with van der Waals surface area (Å²) < 4.78 is 15.6. The van der Waals surface area contributed by atoms with E-state index < -0.39 is 0 Å². The van der Waals surface area contributed by atoms with Crippen LogP contribution in [0.2, 0.25) is 0 Å². The Morgan fingerprint density at radius 3 is 2.19 bits per heavy atom. The zero-order valence-electron chi connectivity index (χ0n) is 15.6. The van der Waals surface area contributed by atoms with Crippen molar-refractivity contribution in [3.63, 3.8) is 0 Å². The van der Waals surface area contributed by atoms with Crippen LogP contribution in [0, 0.1) is 13.8 Å². The highest BCUT2D eigenvalue weighted by molar-refractivity contribution is 6.03. The standard InChI is InChI=1S/C12H12O3.C10H10O2/c1-3-14-12(13)10-7-15-11-8(2)5-4-6-9(10)11;1-7-3-2-4-9-8(5-11)6-12-10(7)9/h4-7H,3H2,1-2H3;2-4,6,11H,5H2,1H3. The van der Waals surface area contributed by atoms with Crippen LogP contribution in [0.1, 0.15) is 34.0 Å². The Hall–Kier alpha value is -3.05. The van der Waals surface area contributed by atoms with Crippen molar-refractivity contribution in [2.45, 2.75) is 27.4 Å². The maximum absolute atomic E-state index is 11.5. The SMILES string of the molecule is CCOC(=O)c1coc2c(C)cccc12.Cc1cccc2c(CO)coc12. The summed E-state index contributed by atoms with van der Waals surface area (Å²) in [5.74, 6) is -0.332. The van der Waals surface area contributed by atoms with Gasteiger partial charge < -0.3 is 18.7 Å². The quantitative estimate of drug-likeness (QED) is 0.508. The maximum Gasteiger partial charge on any atom is 0.342 e. The summed E-state index contributed by atoms with van der Waals surface area (Å²) in [4.78, 5) is 11.5. The van der Waals surface area contributed by atoms with Crippen molar-refractivity contribution in [1.29, 1.82) is 0 Å². The van der Waals surface area contributed by atoms with Crippen LogP contribution in [-0.4, -0.2) is 17.7 Å². The second kappa shape index (κ2) is 8.10. The zero-order chi connectivity index (χ0) is 19.4. The van der Waals surface area contributed by atoms with Gasteiger partial charge in [-0.3, -0.25) is 0 Å². The van der Waals surface area contributed by atoms with Gasteiger partial charge in [0.05, 0.1) is 19.5 Å². The minimum Gasteiger partial charge on any atom is -0.464 e. The Labute approximate surface area is 157 Å². The number of aliphatic hydroxyl groups excluding tert-OH is 1. The molecule has 0 saturated carbocycles. The first-order valence-electron chi connectivity index (χ1n) is 8.77. The number of furan rings is 2. The van der Waals surface area contributed by atoms with Crippen LogP contribution < -0.4 is 0 Å². The van der Waals surface area contributed by atoms with E-state index in [1.807, 2.05) is 50.2 Å². The van der Waals surface area contributed by atoms with Gasteiger partial charge in [0.15, 0.2) is 0 Å². The van der Waals surface area contributed by atoms with Crippen LogP contribution in [0.15, 0.2) is 57.8 Å². The van der Waals surface area contributed by atoms with E-state index in [4.69, 9.17) is 18.7 Å². The van der Waals surface area contributed by atoms with Gasteiger partial charge in [-0.2, -0.15) is 0 Å². The van der Waals surface area contributed by atoms with Crippen molar-refractivity contribution >= 4 is 27.9 Å². The number of fused-ring (bicyclic) bond motifs is 2. The van der Waals surface area contributed by atoms with E-state index in [9.17, 15) is 4.79 Å². The number of carbonyl (C=O) groups is 1. The van der Waals surface area contributed by atoms with Gasteiger partial charge in [0.2, 0.25) is 0 Å². The fourth-order valence-electron chi connectivity index (χ4n) is 2.95. The molecule has 0 unspecified atom stereocenters. The number of hydrogen-bond acceptors (Lipinski definition) is 5. The number of aryl methyl sites for hydroxylation is 2. The molecule has 5 nitrogen and oxygen atoms in total. The first kappa shape index (κ1) is 18.7. The Bertz CT molecular complexity index is 1070. The lowest BCUT2D eigenvalue weighted by molar-refractivity contribution is 0.0527. The van der Waals surface area contributed by atoms with Gasteiger partial charge in [0, 0.05) is 16.3 Å². The highest BCUT2D eigenvalue weighted by atomic mass is 16.5. The number of ether oxygens (including phenoxy) is 1. The van der Waals surface area contributed by atoms with E-state index in [0.717, 1.165) is 38.6 Å². The third-order valence-corrected chi connectivity index (χ3v) is 4.34. The molecule has 0 bridgehead atoms. The minimum absolute atomic E-state index is 0.0381. The lowest BCUT2D eigenvalue weighted by atomic mass is 10.1. The Morgan fingerprint density at radius 1 is 0.963 bits per heavy atom. The van der Waals surface area contributed by atoms with Crippen molar-refractivity contribution in [2.75, 3.05) is 6.61 Å². The zero-order valence-corrected chi connectivity index (χ0v) is 15.6. The molecule has 140 valence electrons. The summed E-state index contributed by atoms with van der Waals surface area (Å²) in [6.45, 7) is 6.13. The fraction of sp³-hybridized carbons (Fsp3) is 0.227. The Kier molecular flexibility index (Phi) is 5.62. The monoisotopic (exact) mass is 366 g/mol. The number of benzene rings is 2. The Morgan fingerprint density at radius 2 is 1.56 bits per heavy atom. The topological polar surface area (TPSA) is 72.8 Å². The van der Waals surface area contributed by atoms with Crippen molar-refractivity contribution < 1.29 is 23.5 Å². The minimum atomic E-state index is -0.332. The molecule has 2 heterocycles. The van der Waals surface area contributed by atoms with E-state index in [0.29, 0.717) is 12.2 Å². The Balaban J connectivity index is 0.000000159. The molecule has 5 heteroatoms. The molecular weight excluding hydrogens is 344 g/mol. The second-order valence-electron chi connectivity index (χ2n) is 6.19. The normalized spacial score (nSPS) is 10.7. The van der Waals surface area contributed by atoms with Crippen LogP contribution in [0.3, 0.4) is 0 Å². The molecule has 0 fully saturated rings. The maximum atomic E-state index is 11.5. The molecule has 0 radical (unpaired) electrons. The number of esters is 1.